The van der Waals surface area contributed by atoms with Gasteiger partial charge in [0.25, 0.3) is 0 Å². The van der Waals surface area contributed by atoms with Gasteiger partial charge < -0.3 is 9.84 Å². The van der Waals surface area contributed by atoms with E-state index in [1.54, 1.807) is 31.5 Å². The fourth-order valence-electron chi connectivity index (χ4n) is 2.99. The number of rotatable bonds is 4. The molecule has 1 aromatic heterocycles. The van der Waals surface area contributed by atoms with E-state index in [1.165, 1.54) is 4.90 Å². The molecule has 1 aliphatic rings. The Hall–Kier alpha value is -2.31. The van der Waals surface area contributed by atoms with Crippen molar-refractivity contribution >= 4 is 18.1 Å². The van der Waals surface area contributed by atoms with Gasteiger partial charge in [-0.3, -0.25) is 9.58 Å². The van der Waals surface area contributed by atoms with Crippen LogP contribution in [0.3, 0.4) is 0 Å². The second-order valence-corrected chi connectivity index (χ2v) is 7.14. The van der Waals surface area contributed by atoms with Crippen LogP contribution >= 0.6 is 0 Å². The van der Waals surface area contributed by atoms with E-state index >= 15 is 0 Å². The number of carbonyl (C=O) groups is 2. The Bertz CT molecular complexity index is 632. The number of hydrogen-bond acceptors (Lipinski definition) is 4. The van der Waals surface area contributed by atoms with Gasteiger partial charge in [-0.15, -0.1) is 0 Å². The van der Waals surface area contributed by atoms with E-state index in [0.717, 1.165) is 5.69 Å². The SMILES string of the molecule is C=Cc1ccn(C[C@H]2C[C@@H](C(=O)O)N(C(=O)OC(C)(C)C)[C@@H]2C)n1. The Morgan fingerprint density at radius 1 is 1.50 bits per heavy atom. The van der Waals surface area contributed by atoms with Crippen molar-refractivity contribution in [2.24, 2.45) is 5.92 Å². The lowest BCUT2D eigenvalue weighted by molar-refractivity contribution is -0.142. The lowest BCUT2D eigenvalue weighted by atomic mass is 10.0. The first-order valence-electron chi connectivity index (χ1n) is 8.02. The second kappa shape index (κ2) is 6.67. The zero-order valence-corrected chi connectivity index (χ0v) is 14.6. The first-order chi connectivity index (χ1) is 11.1. The van der Waals surface area contributed by atoms with Crippen LogP contribution in [0.4, 0.5) is 4.79 Å². The predicted molar refractivity (Wildman–Crippen MR) is 89.4 cm³/mol. The maximum Gasteiger partial charge on any atom is 0.411 e. The molecule has 0 aromatic carbocycles. The van der Waals surface area contributed by atoms with Crippen LogP contribution in [0.25, 0.3) is 6.08 Å². The third-order valence-electron chi connectivity index (χ3n) is 4.16. The van der Waals surface area contributed by atoms with Gasteiger partial charge in [0, 0.05) is 24.7 Å². The summed E-state index contributed by atoms with van der Waals surface area (Å²) in [5.41, 5.74) is 0.0955. The zero-order chi connectivity index (χ0) is 18.1. The molecule has 1 fully saturated rings. The van der Waals surface area contributed by atoms with E-state index in [-0.39, 0.29) is 12.0 Å². The number of likely N-dealkylation sites (tertiary alicyclic amines) is 1. The van der Waals surface area contributed by atoms with E-state index in [1.807, 2.05) is 19.2 Å². The minimum Gasteiger partial charge on any atom is -0.480 e. The summed E-state index contributed by atoms with van der Waals surface area (Å²) < 4.78 is 7.14. The van der Waals surface area contributed by atoms with Crippen molar-refractivity contribution in [3.63, 3.8) is 0 Å². The fraction of sp³-hybridized carbons (Fsp3) is 0.588. The molecule has 7 heteroatoms. The number of hydrogen-bond donors (Lipinski definition) is 1. The number of nitrogens with zero attached hydrogens (tertiary/aromatic N) is 3. The van der Waals surface area contributed by atoms with E-state index in [4.69, 9.17) is 4.74 Å². The molecule has 2 heterocycles. The molecule has 0 radical (unpaired) electrons. The molecule has 0 unspecified atom stereocenters. The summed E-state index contributed by atoms with van der Waals surface area (Å²) in [6.45, 7) is 11.4. The Labute approximate surface area is 141 Å². The number of carbonyl (C=O) groups excluding carboxylic acids is 1. The third kappa shape index (κ3) is 3.96. The van der Waals surface area contributed by atoms with Crippen LogP contribution in [-0.2, 0) is 16.1 Å². The van der Waals surface area contributed by atoms with Crippen LogP contribution in [0.15, 0.2) is 18.8 Å². The van der Waals surface area contributed by atoms with Crippen molar-refractivity contribution in [2.45, 2.75) is 58.3 Å². The van der Waals surface area contributed by atoms with Crippen molar-refractivity contribution in [3.05, 3.63) is 24.5 Å². The molecule has 0 saturated carbocycles. The average molecular weight is 335 g/mol. The normalized spacial score (nSPS) is 24.0. The Kier molecular flexibility index (Phi) is 5.01. The van der Waals surface area contributed by atoms with Gasteiger partial charge in [0.15, 0.2) is 0 Å². The number of amides is 1. The summed E-state index contributed by atoms with van der Waals surface area (Å²) in [7, 11) is 0. The molecule has 3 atom stereocenters. The van der Waals surface area contributed by atoms with Crippen LogP contribution in [0.5, 0.6) is 0 Å². The first-order valence-corrected chi connectivity index (χ1v) is 8.02. The largest absolute Gasteiger partial charge is 0.480 e. The minimum atomic E-state index is -1.01. The first kappa shape index (κ1) is 18.0. The molecule has 132 valence electrons. The Morgan fingerprint density at radius 3 is 2.67 bits per heavy atom. The molecular weight excluding hydrogens is 310 g/mol. The van der Waals surface area contributed by atoms with Crippen molar-refractivity contribution in [1.82, 2.24) is 14.7 Å². The van der Waals surface area contributed by atoms with Gasteiger partial charge in [0.1, 0.15) is 11.6 Å². The molecule has 0 aliphatic carbocycles. The van der Waals surface area contributed by atoms with Crippen LogP contribution in [0, 0.1) is 5.92 Å². The highest BCUT2D eigenvalue weighted by Crippen LogP contribution is 2.32. The molecule has 7 nitrogen and oxygen atoms in total. The predicted octanol–water partition coefficient (Wildman–Crippen LogP) is 2.62. The third-order valence-corrected chi connectivity index (χ3v) is 4.16. The molecule has 0 spiro atoms. The summed E-state index contributed by atoms with van der Waals surface area (Å²) >= 11 is 0. The highest BCUT2D eigenvalue weighted by Gasteiger charge is 2.46. The smallest absolute Gasteiger partial charge is 0.411 e. The van der Waals surface area contributed by atoms with E-state index in [9.17, 15) is 14.7 Å². The molecule has 24 heavy (non-hydrogen) atoms. The molecule has 1 saturated heterocycles. The number of carboxylic acid groups (broad SMARTS) is 1. The summed E-state index contributed by atoms with van der Waals surface area (Å²) in [5, 5.41) is 13.8. The molecular formula is C17H25N3O4. The molecule has 1 N–H and O–H groups in total. The van der Waals surface area contributed by atoms with E-state index in [0.29, 0.717) is 13.0 Å². The number of ether oxygens (including phenoxy) is 1. The number of aromatic nitrogens is 2. The van der Waals surface area contributed by atoms with Gasteiger partial charge in [-0.25, -0.2) is 9.59 Å². The van der Waals surface area contributed by atoms with Gasteiger partial charge in [0.05, 0.1) is 5.69 Å². The molecule has 1 amide bonds. The van der Waals surface area contributed by atoms with Gasteiger partial charge in [0.2, 0.25) is 0 Å². The number of aliphatic carboxylic acids is 1. The van der Waals surface area contributed by atoms with E-state index < -0.39 is 23.7 Å². The monoisotopic (exact) mass is 335 g/mol. The van der Waals surface area contributed by atoms with Crippen LogP contribution in [-0.4, -0.2) is 49.5 Å². The van der Waals surface area contributed by atoms with Crippen LogP contribution in [0.2, 0.25) is 0 Å². The average Bonchev–Trinajstić information content (AvgIpc) is 3.03. The molecule has 2 rings (SSSR count). The van der Waals surface area contributed by atoms with E-state index in [2.05, 4.69) is 11.7 Å². The van der Waals surface area contributed by atoms with Gasteiger partial charge >= 0.3 is 12.1 Å². The standard InChI is InChI=1S/C17H25N3O4/c1-6-13-7-8-19(18-13)10-12-9-14(15(21)22)20(11(12)2)16(23)24-17(3,4)5/h6-8,11-12,14H,1,9-10H2,2-5H3,(H,21,22)/t11-,12-,14+/m1/s1. The maximum absolute atomic E-state index is 12.4. The topological polar surface area (TPSA) is 84.7 Å². The fourth-order valence-corrected chi connectivity index (χ4v) is 2.99. The lowest BCUT2D eigenvalue weighted by Gasteiger charge is -2.30. The highest BCUT2D eigenvalue weighted by atomic mass is 16.6. The van der Waals surface area contributed by atoms with Crippen molar-refractivity contribution in [1.29, 1.82) is 0 Å². The molecule has 1 aromatic rings. The van der Waals surface area contributed by atoms with Crippen molar-refractivity contribution in [2.75, 3.05) is 0 Å². The van der Waals surface area contributed by atoms with Crippen molar-refractivity contribution in [3.8, 4) is 0 Å². The summed E-state index contributed by atoms with van der Waals surface area (Å²) in [6, 6.07) is 0.707. The summed E-state index contributed by atoms with van der Waals surface area (Å²) in [5.74, 6) is -1.03. The van der Waals surface area contributed by atoms with Crippen LogP contribution < -0.4 is 0 Å². The zero-order valence-electron chi connectivity index (χ0n) is 14.6. The summed E-state index contributed by atoms with van der Waals surface area (Å²) in [4.78, 5) is 25.4. The Balaban J connectivity index is 2.16. The summed E-state index contributed by atoms with van der Waals surface area (Å²) in [6.07, 6.45) is 3.27. The van der Waals surface area contributed by atoms with Gasteiger partial charge in [-0.05, 0) is 46.3 Å². The lowest BCUT2D eigenvalue weighted by Crippen LogP contribution is -2.47. The number of carboxylic acids is 1. The van der Waals surface area contributed by atoms with Gasteiger partial charge in [-0.1, -0.05) is 6.58 Å². The van der Waals surface area contributed by atoms with Gasteiger partial charge in [-0.2, -0.15) is 5.10 Å². The maximum atomic E-state index is 12.4. The Morgan fingerprint density at radius 2 is 2.17 bits per heavy atom. The van der Waals surface area contributed by atoms with Crippen molar-refractivity contribution < 1.29 is 19.4 Å². The van der Waals surface area contributed by atoms with Crippen LogP contribution in [0.1, 0.15) is 39.8 Å². The second-order valence-electron chi connectivity index (χ2n) is 7.14. The quantitative estimate of drug-likeness (QED) is 0.914. The highest BCUT2D eigenvalue weighted by molar-refractivity contribution is 5.81. The molecule has 0 bridgehead atoms. The minimum absolute atomic E-state index is 0.0174. The molecule has 1 aliphatic heterocycles.